The van der Waals surface area contributed by atoms with E-state index in [1.54, 1.807) is 26.0 Å². The second-order valence-electron chi connectivity index (χ2n) is 5.19. The van der Waals surface area contributed by atoms with Gasteiger partial charge in [-0.25, -0.2) is 13.2 Å². The number of morpholine rings is 1. The van der Waals surface area contributed by atoms with Crippen molar-refractivity contribution in [3.05, 3.63) is 23.3 Å². The van der Waals surface area contributed by atoms with E-state index < -0.39 is 22.0 Å². The largest absolute Gasteiger partial charge is 0.497 e. The maximum absolute atomic E-state index is 13.0. The summed E-state index contributed by atoms with van der Waals surface area (Å²) < 4.78 is 49.3. The number of hydrogen-bond acceptors (Lipinski definition) is 6. The number of carbonyl (C=O) groups is 1. The van der Waals surface area contributed by atoms with Crippen LogP contribution in [0.4, 0.5) is 4.53 Å². The molecule has 7 nitrogen and oxygen atoms in total. The Hall–Kier alpha value is -1.71. The molecule has 0 amide bonds. The number of hydrogen-bond donors (Lipinski definition) is 0. The van der Waals surface area contributed by atoms with Crippen molar-refractivity contribution < 1.29 is 32.2 Å². The maximum atomic E-state index is 13.0. The van der Waals surface area contributed by atoms with Crippen LogP contribution in [-0.4, -0.2) is 51.6 Å². The minimum absolute atomic E-state index is 0.0625. The number of methoxy groups -OCH3 is 1. The molecule has 1 atom stereocenters. The van der Waals surface area contributed by atoms with Crippen molar-refractivity contribution in [1.29, 1.82) is 0 Å². The van der Waals surface area contributed by atoms with Crippen molar-refractivity contribution in [3.8, 4) is 5.75 Å². The summed E-state index contributed by atoms with van der Waals surface area (Å²) in [4.78, 5) is 14.8. The second-order valence-corrected chi connectivity index (χ2v) is 7.02. The number of aryl methyl sites for hydroxylation is 2. The molecule has 0 spiro atoms. The van der Waals surface area contributed by atoms with Crippen LogP contribution in [0.3, 0.4) is 0 Å². The molecule has 2 rings (SSSR count). The highest BCUT2D eigenvalue weighted by Gasteiger charge is 2.41. The maximum Gasteiger partial charge on any atom is 0.369 e. The van der Waals surface area contributed by atoms with Gasteiger partial charge in [0.15, 0.2) is 0 Å². The van der Waals surface area contributed by atoms with Crippen LogP contribution in [0.1, 0.15) is 11.1 Å². The minimum Gasteiger partial charge on any atom is -0.497 e. The normalized spacial score (nSPS) is 19.4. The van der Waals surface area contributed by atoms with E-state index in [0.29, 0.717) is 16.9 Å². The fraction of sp³-hybridized carbons (Fsp3) is 0.500. The quantitative estimate of drug-likeness (QED) is 0.812. The van der Waals surface area contributed by atoms with E-state index in [1.807, 2.05) is 0 Å². The molecule has 1 aliphatic rings. The first-order valence-electron chi connectivity index (χ1n) is 6.90. The average Bonchev–Trinajstić information content (AvgIpc) is 2.53. The van der Waals surface area contributed by atoms with Crippen molar-refractivity contribution in [2.24, 2.45) is 0 Å². The number of nitrogens with zero attached hydrogens (tertiary/aromatic N) is 1. The Morgan fingerprint density at radius 1 is 1.35 bits per heavy atom. The van der Waals surface area contributed by atoms with Crippen LogP contribution in [0.25, 0.3) is 0 Å². The minimum atomic E-state index is -4.02. The molecule has 1 heterocycles. The van der Waals surface area contributed by atoms with Gasteiger partial charge in [0.05, 0.1) is 25.2 Å². The van der Waals surface area contributed by atoms with Gasteiger partial charge in [-0.1, -0.05) is 0 Å². The molecule has 0 saturated carbocycles. The van der Waals surface area contributed by atoms with Crippen molar-refractivity contribution in [1.82, 2.24) is 4.31 Å². The van der Waals surface area contributed by atoms with Crippen LogP contribution in [0, 0.1) is 13.8 Å². The molecule has 1 saturated heterocycles. The molecule has 128 valence electrons. The molecule has 1 aromatic rings. The fourth-order valence-electron chi connectivity index (χ4n) is 2.67. The number of sulfonamides is 1. The van der Waals surface area contributed by atoms with Crippen LogP contribution in [0.15, 0.2) is 17.0 Å². The lowest BCUT2D eigenvalue weighted by atomic mass is 10.1. The van der Waals surface area contributed by atoms with Gasteiger partial charge in [0.25, 0.3) is 0 Å². The molecular formula is C14H18FNO6S. The summed E-state index contributed by atoms with van der Waals surface area (Å²) >= 11 is 0. The number of benzene rings is 1. The third kappa shape index (κ3) is 3.31. The summed E-state index contributed by atoms with van der Waals surface area (Å²) in [5.74, 6) is -0.766. The first-order chi connectivity index (χ1) is 10.8. The molecular weight excluding hydrogens is 329 g/mol. The summed E-state index contributed by atoms with van der Waals surface area (Å²) in [5, 5.41) is 0. The summed E-state index contributed by atoms with van der Waals surface area (Å²) in [7, 11) is -2.54. The topological polar surface area (TPSA) is 82.1 Å². The monoisotopic (exact) mass is 347 g/mol. The Labute approximate surface area is 133 Å². The predicted molar refractivity (Wildman–Crippen MR) is 78.2 cm³/mol. The third-order valence-electron chi connectivity index (χ3n) is 3.66. The van der Waals surface area contributed by atoms with E-state index >= 15 is 0 Å². The Kier molecular flexibility index (Phi) is 5.23. The summed E-state index contributed by atoms with van der Waals surface area (Å²) in [6.45, 7) is 3.06. The van der Waals surface area contributed by atoms with Crippen LogP contribution < -0.4 is 4.74 Å². The standard InChI is InChI=1S/C14H18FNO6S/c1-9-6-11(20-3)7-10(2)13(9)23(18,19)16-4-5-21-8-12(16)14(17)22-15/h6-7,12H,4-5,8H2,1-3H3. The summed E-state index contributed by atoms with van der Waals surface area (Å²) in [6, 6.07) is 1.82. The Balaban J connectivity index is 2.50. The van der Waals surface area contributed by atoms with Crippen LogP contribution in [0.5, 0.6) is 5.75 Å². The highest BCUT2D eigenvalue weighted by atomic mass is 32.2. The number of carbonyl (C=O) groups excluding carboxylic acids is 1. The molecule has 23 heavy (non-hydrogen) atoms. The highest BCUT2D eigenvalue weighted by Crippen LogP contribution is 2.30. The van der Waals surface area contributed by atoms with Gasteiger partial charge in [-0.05, 0) is 37.1 Å². The van der Waals surface area contributed by atoms with Gasteiger partial charge in [-0.3, -0.25) is 4.94 Å². The molecule has 0 bridgehead atoms. The Morgan fingerprint density at radius 3 is 2.48 bits per heavy atom. The van der Waals surface area contributed by atoms with Gasteiger partial charge >= 0.3 is 5.97 Å². The number of halogens is 1. The number of rotatable bonds is 4. The van der Waals surface area contributed by atoms with Crippen molar-refractivity contribution in [2.45, 2.75) is 24.8 Å². The molecule has 0 radical (unpaired) electrons. The van der Waals surface area contributed by atoms with Gasteiger partial charge in [0.2, 0.25) is 10.0 Å². The zero-order valence-corrected chi connectivity index (χ0v) is 13.9. The SMILES string of the molecule is COc1cc(C)c(S(=O)(=O)N2CCOCC2C(=O)OF)c(C)c1. The van der Waals surface area contributed by atoms with E-state index in [4.69, 9.17) is 9.47 Å². The third-order valence-corrected chi connectivity index (χ3v) is 5.88. The average molecular weight is 347 g/mol. The molecule has 0 N–H and O–H groups in total. The predicted octanol–water partition coefficient (Wildman–Crippen LogP) is 1.13. The van der Waals surface area contributed by atoms with Crippen LogP contribution in [-0.2, 0) is 24.5 Å². The van der Waals surface area contributed by atoms with Gasteiger partial charge < -0.3 is 9.47 Å². The van der Waals surface area contributed by atoms with Crippen molar-refractivity contribution in [2.75, 3.05) is 26.9 Å². The van der Waals surface area contributed by atoms with E-state index in [-0.39, 0.29) is 24.7 Å². The first-order valence-corrected chi connectivity index (χ1v) is 8.34. The van der Waals surface area contributed by atoms with Gasteiger partial charge in [-0.15, -0.1) is 0 Å². The fourth-order valence-corrected chi connectivity index (χ4v) is 4.63. The zero-order chi connectivity index (χ0) is 17.2. The van der Waals surface area contributed by atoms with Crippen LogP contribution in [0.2, 0.25) is 0 Å². The van der Waals surface area contributed by atoms with E-state index in [0.717, 1.165) is 4.31 Å². The van der Waals surface area contributed by atoms with Crippen LogP contribution >= 0.6 is 0 Å². The molecule has 1 fully saturated rings. The lowest BCUT2D eigenvalue weighted by Crippen LogP contribution is -2.52. The molecule has 0 aromatic heterocycles. The molecule has 1 aromatic carbocycles. The van der Waals surface area contributed by atoms with E-state index in [9.17, 15) is 17.7 Å². The Morgan fingerprint density at radius 2 is 1.96 bits per heavy atom. The Bertz CT molecular complexity index is 682. The second kappa shape index (κ2) is 6.81. The number of ether oxygens (including phenoxy) is 2. The molecule has 1 aliphatic heterocycles. The van der Waals surface area contributed by atoms with Gasteiger partial charge in [-0.2, -0.15) is 4.31 Å². The summed E-state index contributed by atoms with van der Waals surface area (Å²) in [6.07, 6.45) is 0. The van der Waals surface area contributed by atoms with Crippen molar-refractivity contribution >= 4 is 16.0 Å². The van der Waals surface area contributed by atoms with Crippen molar-refractivity contribution in [3.63, 3.8) is 0 Å². The highest BCUT2D eigenvalue weighted by molar-refractivity contribution is 7.89. The van der Waals surface area contributed by atoms with Gasteiger partial charge in [0, 0.05) is 11.1 Å². The van der Waals surface area contributed by atoms with Gasteiger partial charge in [0.1, 0.15) is 11.8 Å². The van der Waals surface area contributed by atoms with E-state index in [1.165, 1.54) is 7.11 Å². The summed E-state index contributed by atoms with van der Waals surface area (Å²) in [5.41, 5.74) is 0.946. The molecule has 0 aliphatic carbocycles. The first kappa shape index (κ1) is 17.6. The van der Waals surface area contributed by atoms with E-state index in [2.05, 4.69) is 4.94 Å². The molecule has 9 heteroatoms. The molecule has 1 unspecified atom stereocenters. The lowest BCUT2D eigenvalue weighted by molar-refractivity contribution is -0.192. The lowest BCUT2D eigenvalue weighted by Gasteiger charge is -2.32. The smallest absolute Gasteiger partial charge is 0.369 e. The zero-order valence-electron chi connectivity index (χ0n) is 13.0.